The van der Waals surface area contributed by atoms with Crippen molar-refractivity contribution in [2.45, 2.75) is 43.3 Å². The quantitative estimate of drug-likeness (QED) is 0.736. The molecule has 1 aliphatic carbocycles. The fourth-order valence-electron chi connectivity index (χ4n) is 2.54. The third kappa shape index (κ3) is 2.67. The second-order valence-electron chi connectivity index (χ2n) is 4.88. The van der Waals surface area contributed by atoms with Crippen molar-refractivity contribution in [3.05, 3.63) is 35.9 Å². The van der Waals surface area contributed by atoms with Crippen molar-refractivity contribution in [2.75, 3.05) is 0 Å². The zero-order valence-electron chi connectivity index (χ0n) is 10.1. The Kier molecular flexibility index (Phi) is 4.23. The molecule has 0 saturated heterocycles. The van der Waals surface area contributed by atoms with E-state index in [1.165, 1.54) is 0 Å². The predicted molar refractivity (Wildman–Crippen MR) is 69.5 cm³/mol. The van der Waals surface area contributed by atoms with Gasteiger partial charge in [0.25, 0.3) is 0 Å². The van der Waals surface area contributed by atoms with Crippen molar-refractivity contribution in [3.63, 3.8) is 0 Å². The van der Waals surface area contributed by atoms with Crippen LogP contribution in [0.25, 0.3) is 0 Å². The number of benzene rings is 1. The van der Waals surface area contributed by atoms with Crippen molar-refractivity contribution >= 4 is 7.37 Å². The summed E-state index contributed by atoms with van der Waals surface area (Å²) in [7, 11) is -3.83. The summed E-state index contributed by atoms with van der Waals surface area (Å²) in [6, 6.07) is 8.48. The maximum atomic E-state index is 12.4. The normalized spacial score (nSPS) is 29.5. The van der Waals surface area contributed by atoms with E-state index in [2.05, 4.69) is 0 Å². The standard InChI is InChI=1S/C13H19O4P/c14-11-8-4-5-9-12(11)18(16,17)13(15)10-6-2-1-3-7-10/h1-3,6-7,11-15H,4-5,8-9H2,(H,16,17)/t11-,12+,13+/m0/s1. The maximum Gasteiger partial charge on any atom is 0.238 e. The highest BCUT2D eigenvalue weighted by Gasteiger charge is 2.43. The van der Waals surface area contributed by atoms with Crippen molar-refractivity contribution in [3.8, 4) is 0 Å². The van der Waals surface area contributed by atoms with Crippen molar-refractivity contribution in [1.82, 2.24) is 0 Å². The van der Waals surface area contributed by atoms with Crippen molar-refractivity contribution in [1.29, 1.82) is 0 Å². The maximum absolute atomic E-state index is 12.4. The highest BCUT2D eigenvalue weighted by Crippen LogP contribution is 2.61. The molecule has 4 nitrogen and oxygen atoms in total. The Balaban J connectivity index is 2.22. The Morgan fingerprint density at radius 3 is 2.39 bits per heavy atom. The van der Waals surface area contributed by atoms with E-state index in [1.807, 2.05) is 0 Å². The smallest absolute Gasteiger partial charge is 0.238 e. The Bertz CT molecular complexity index is 434. The Morgan fingerprint density at radius 1 is 1.17 bits per heavy atom. The Hall–Kier alpha value is -0.670. The highest BCUT2D eigenvalue weighted by molar-refractivity contribution is 7.59. The van der Waals surface area contributed by atoms with E-state index < -0.39 is 25.0 Å². The molecule has 0 aliphatic heterocycles. The van der Waals surface area contributed by atoms with Gasteiger partial charge in [0.15, 0.2) is 5.85 Å². The average Bonchev–Trinajstić information content (AvgIpc) is 2.39. The molecule has 1 aliphatic rings. The molecule has 0 aromatic heterocycles. The highest BCUT2D eigenvalue weighted by atomic mass is 31.2. The topological polar surface area (TPSA) is 77.8 Å². The van der Waals surface area contributed by atoms with Crippen LogP contribution in [0.1, 0.15) is 37.1 Å². The molecule has 1 fully saturated rings. The lowest BCUT2D eigenvalue weighted by Crippen LogP contribution is -2.31. The Labute approximate surface area is 107 Å². The van der Waals surface area contributed by atoms with E-state index in [1.54, 1.807) is 30.3 Å². The first kappa shape index (κ1) is 13.8. The minimum absolute atomic E-state index is 0.432. The molecule has 0 bridgehead atoms. The summed E-state index contributed by atoms with van der Waals surface area (Å²) in [6.45, 7) is 0. The summed E-state index contributed by atoms with van der Waals surface area (Å²) in [5.41, 5.74) is -0.275. The first-order valence-electron chi connectivity index (χ1n) is 6.26. The first-order chi connectivity index (χ1) is 8.53. The number of rotatable bonds is 3. The molecule has 1 aromatic carbocycles. The third-order valence-electron chi connectivity index (χ3n) is 3.62. The van der Waals surface area contributed by atoms with Gasteiger partial charge in [-0.2, -0.15) is 0 Å². The minimum atomic E-state index is -3.83. The van der Waals surface area contributed by atoms with Gasteiger partial charge in [-0.1, -0.05) is 43.2 Å². The second-order valence-corrected chi connectivity index (χ2v) is 7.37. The number of hydrogen-bond acceptors (Lipinski definition) is 3. The van der Waals surface area contributed by atoms with Gasteiger partial charge in [-0.05, 0) is 18.4 Å². The molecule has 1 unspecified atom stereocenters. The van der Waals surface area contributed by atoms with E-state index in [-0.39, 0.29) is 0 Å². The van der Waals surface area contributed by atoms with Crippen LogP contribution in [0.5, 0.6) is 0 Å². The second kappa shape index (κ2) is 5.54. The lowest BCUT2D eigenvalue weighted by Gasteiger charge is -2.33. The lowest BCUT2D eigenvalue weighted by molar-refractivity contribution is 0.122. The Morgan fingerprint density at radius 2 is 1.78 bits per heavy atom. The van der Waals surface area contributed by atoms with E-state index in [4.69, 9.17) is 0 Å². The largest absolute Gasteiger partial charge is 0.392 e. The summed E-state index contributed by atoms with van der Waals surface area (Å²) in [5, 5.41) is 20.0. The summed E-state index contributed by atoms with van der Waals surface area (Å²) in [6.07, 6.45) is 1.95. The number of aliphatic hydroxyl groups is 2. The van der Waals surface area contributed by atoms with Crippen LogP contribution in [0.15, 0.2) is 30.3 Å². The first-order valence-corrected chi connectivity index (χ1v) is 8.06. The summed E-state index contributed by atoms with van der Waals surface area (Å²) in [4.78, 5) is 10.2. The van der Waals surface area contributed by atoms with Gasteiger partial charge < -0.3 is 15.1 Å². The molecule has 1 saturated carbocycles. The predicted octanol–water partition coefficient (Wildman–Crippen LogP) is 2.25. The van der Waals surface area contributed by atoms with Gasteiger partial charge >= 0.3 is 0 Å². The van der Waals surface area contributed by atoms with Gasteiger partial charge in [0, 0.05) is 0 Å². The SMILES string of the molecule is O=P(O)([C@@H]1CCCC[C@@H]1O)[C@@H](O)c1ccccc1. The summed E-state index contributed by atoms with van der Waals surface area (Å²) >= 11 is 0. The van der Waals surface area contributed by atoms with Crippen LogP contribution in [-0.4, -0.2) is 26.9 Å². The van der Waals surface area contributed by atoms with Crippen LogP contribution >= 0.6 is 7.37 Å². The number of hydrogen-bond donors (Lipinski definition) is 3. The fraction of sp³-hybridized carbons (Fsp3) is 0.538. The van der Waals surface area contributed by atoms with Gasteiger partial charge in [-0.15, -0.1) is 0 Å². The summed E-state index contributed by atoms with van der Waals surface area (Å²) < 4.78 is 12.4. The monoisotopic (exact) mass is 270 g/mol. The molecule has 3 N–H and O–H groups in total. The molecule has 0 radical (unpaired) electrons. The molecule has 5 heteroatoms. The molecule has 0 spiro atoms. The number of aliphatic hydroxyl groups excluding tert-OH is 2. The van der Waals surface area contributed by atoms with Crippen molar-refractivity contribution in [2.24, 2.45) is 0 Å². The molecule has 18 heavy (non-hydrogen) atoms. The van der Waals surface area contributed by atoms with Crippen molar-refractivity contribution < 1.29 is 19.7 Å². The van der Waals surface area contributed by atoms with Crippen LogP contribution in [0, 0.1) is 0 Å². The van der Waals surface area contributed by atoms with E-state index in [9.17, 15) is 19.7 Å². The molecular formula is C13H19O4P. The molecule has 0 heterocycles. The van der Waals surface area contributed by atoms with Crippen LogP contribution in [0.3, 0.4) is 0 Å². The molecule has 0 amide bonds. The van der Waals surface area contributed by atoms with Crippen LogP contribution < -0.4 is 0 Å². The molecule has 4 atom stereocenters. The van der Waals surface area contributed by atoms with Gasteiger partial charge in [-0.25, -0.2) is 0 Å². The summed E-state index contributed by atoms with van der Waals surface area (Å²) in [5.74, 6) is -1.41. The molecule has 1 aromatic rings. The van der Waals surface area contributed by atoms with Crippen LogP contribution in [0.4, 0.5) is 0 Å². The average molecular weight is 270 g/mol. The molecular weight excluding hydrogens is 251 g/mol. The van der Waals surface area contributed by atoms with Gasteiger partial charge in [0.1, 0.15) is 0 Å². The lowest BCUT2D eigenvalue weighted by atomic mass is 9.97. The third-order valence-corrected chi connectivity index (χ3v) is 6.17. The minimum Gasteiger partial charge on any atom is -0.392 e. The van der Waals surface area contributed by atoms with Gasteiger partial charge in [-0.3, -0.25) is 4.57 Å². The molecule has 100 valence electrons. The zero-order valence-corrected chi connectivity index (χ0v) is 11.0. The van der Waals surface area contributed by atoms with Gasteiger partial charge in [0.2, 0.25) is 7.37 Å². The van der Waals surface area contributed by atoms with Crippen LogP contribution in [0.2, 0.25) is 0 Å². The van der Waals surface area contributed by atoms with E-state index in [0.29, 0.717) is 18.4 Å². The van der Waals surface area contributed by atoms with Crippen LogP contribution in [-0.2, 0) is 4.57 Å². The van der Waals surface area contributed by atoms with Gasteiger partial charge in [0.05, 0.1) is 11.8 Å². The van der Waals surface area contributed by atoms with E-state index in [0.717, 1.165) is 12.8 Å². The zero-order chi connectivity index (χ0) is 13.2. The van der Waals surface area contributed by atoms with E-state index >= 15 is 0 Å². The molecule has 2 rings (SSSR count). The fourth-order valence-corrected chi connectivity index (χ4v) is 4.70.